The van der Waals surface area contributed by atoms with Crippen LogP contribution in [0, 0.1) is 10.1 Å². The molecule has 8 nitrogen and oxygen atoms in total. The molecule has 2 aromatic heterocycles. The van der Waals surface area contributed by atoms with Crippen LogP contribution in [0.1, 0.15) is 5.69 Å². The van der Waals surface area contributed by atoms with Crippen molar-refractivity contribution in [1.29, 1.82) is 0 Å². The van der Waals surface area contributed by atoms with Crippen molar-refractivity contribution in [2.75, 3.05) is 5.32 Å². The Bertz CT molecular complexity index is 1240. The van der Waals surface area contributed by atoms with Gasteiger partial charge in [0, 0.05) is 18.0 Å². The Morgan fingerprint density at radius 1 is 1.07 bits per heavy atom. The number of halogens is 2. The predicted octanol–water partition coefficient (Wildman–Crippen LogP) is 5.56. The Hall–Kier alpha value is -3.49. The van der Waals surface area contributed by atoms with Gasteiger partial charge in [0.15, 0.2) is 0 Å². The largest absolute Gasteiger partial charge is 0.486 e. The van der Waals surface area contributed by atoms with Crippen molar-refractivity contribution in [2.24, 2.45) is 0 Å². The highest BCUT2D eigenvalue weighted by Gasteiger charge is 2.19. The molecule has 30 heavy (non-hydrogen) atoms. The van der Waals surface area contributed by atoms with Gasteiger partial charge in [-0.1, -0.05) is 29.3 Å². The lowest BCUT2D eigenvalue weighted by atomic mass is 10.2. The monoisotopic (exact) mass is 441 g/mol. The summed E-state index contributed by atoms with van der Waals surface area (Å²) in [6.45, 7) is 0.281. The third-order valence-electron chi connectivity index (χ3n) is 4.21. The van der Waals surface area contributed by atoms with E-state index in [1.807, 2.05) is 18.2 Å². The first-order chi connectivity index (χ1) is 14.5. The van der Waals surface area contributed by atoms with Crippen LogP contribution < -0.4 is 10.1 Å². The zero-order valence-electron chi connectivity index (χ0n) is 15.3. The van der Waals surface area contributed by atoms with E-state index in [0.29, 0.717) is 33.2 Å². The molecule has 0 unspecified atom stereocenters. The van der Waals surface area contributed by atoms with Gasteiger partial charge in [0.2, 0.25) is 0 Å². The van der Waals surface area contributed by atoms with Crippen molar-refractivity contribution < 1.29 is 9.66 Å². The lowest BCUT2D eigenvalue weighted by Gasteiger charge is -2.12. The van der Waals surface area contributed by atoms with Crippen molar-refractivity contribution in [3.63, 3.8) is 0 Å². The first-order valence-electron chi connectivity index (χ1n) is 8.70. The molecule has 150 valence electrons. The molecule has 4 rings (SSSR count). The fourth-order valence-corrected chi connectivity index (χ4v) is 3.36. The summed E-state index contributed by atoms with van der Waals surface area (Å²) >= 11 is 12.6. The van der Waals surface area contributed by atoms with E-state index >= 15 is 0 Å². The number of fused-ring (bicyclic) bond motifs is 1. The Morgan fingerprint density at radius 2 is 1.93 bits per heavy atom. The summed E-state index contributed by atoms with van der Waals surface area (Å²) in [7, 11) is 0. The van der Waals surface area contributed by atoms with E-state index in [2.05, 4.69) is 20.3 Å². The summed E-state index contributed by atoms with van der Waals surface area (Å²) in [6.07, 6.45) is 3.04. The third-order valence-corrected chi connectivity index (χ3v) is 4.89. The summed E-state index contributed by atoms with van der Waals surface area (Å²) in [4.78, 5) is 23.2. The number of rotatable bonds is 6. The van der Waals surface area contributed by atoms with Gasteiger partial charge in [0.25, 0.3) is 5.69 Å². The summed E-state index contributed by atoms with van der Waals surface area (Å²) in [5.74, 6) is 0.820. The molecule has 0 fully saturated rings. The number of benzene rings is 2. The van der Waals surface area contributed by atoms with Crippen LogP contribution in [-0.2, 0) is 6.61 Å². The Kier molecular flexibility index (Phi) is 5.60. The normalized spacial score (nSPS) is 10.7. The summed E-state index contributed by atoms with van der Waals surface area (Å²) in [5, 5.41) is 15.0. The van der Waals surface area contributed by atoms with Crippen molar-refractivity contribution in [2.45, 2.75) is 6.61 Å². The maximum absolute atomic E-state index is 11.2. The topological polar surface area (TPSA) is 103 Å². The van der Waals surface area contributed by atoms with E-state index in [1.54, 1.807) is 24.4 Å². The van der Waals surface area contributed by atoms with E-state index in [9.17, 15) is 10.1 Å². The second-order valence-corrected chi connectivity index (χ2v) is 6.94. The number of ether oxygens (including phenoxy) is 1. The number of hydrogen-bond donors (Lipinski definition) is 1. The van der Waals surface area contributed by atoms with Gasteiger partial charge in [-0.15, -0.1) is 0 Å². The van der Waals surface area contributed by atoms with Crippen LogP contribution in [0.2, 0.25) is 10.0 Å². The molecule has 1 N–H and O–H groups in total. The van der Waals surface area contributed by atoms with Crippen LogP contribution in [0.5, 0.6) is 5.75 Å². The van der Waals surface area contributed by atoms with Crippen LogP contribution in [-0.4, -0.2) is 19.9 Å². The van der Waals surface area contributed by atoms with E-state index in [-0.39, 0.29) is 17.3 Å². The zero-order chi connectivity index (χ0) is 21.1. The molecule has 0 spiro atoms. The van der Waals surface area contributed by atoms with E-state index in [4.69, 9.17) is 27.9 Å². The van der Waals surface area contributed by atoms with Crippen LogP contribution in [0.4, 0.5) is 17.2 Å². The number of pyridine rings is 1. The highest BCUT2D eigenvalue weighted by molar-refractivity contribution is 6.38. The minimum atomic E-state index is -0.552. The molecule has 0 saturated carbocycles. The van der Waals surface area contributed by atoms with Gasteiger partial charge in [0.05, 0.1) is 26.5 Å². The van der Waals surface area contributed by atoms with Gasteiger partial charge in [-0.3, -0.25) is 15.1 Å². The van der Waals surface area contributed by atoms with Gasteiger partial charge >= 0.3 is 0 Å². The van der Waals surface area contributed by atoms with Crippen LogP contribution in [0.3, 0.4) is 0 Å². The Balaban J connectivity index is 1.60. The maximum atomic E-state index is 11.2. The molecular formula is C20H13Cl2N5O3. The SMILES string of the molecule is O=[N+]([O-])c1ccc2ncnc(Nc3ccc(OCc4ccccn4)c(Cl)c3)c2c1Cl. The molecule has 2 aromatic carbocycles. The van der Waals surface area contributed by atoms with Crippen molar-refractivity contribution in [1.82, 2.24) is 15.0 Å². The van der Waals surface area contributed by atoms with Gasteiger partial charge in [-0.2, -0.15) is 0 Å². The average molecular weight is 442 g/mol. The van der Waals surface area contributed by atoms with Gasteiger partial charge in [-0.05, 0) is 36.4 Å². The molecule has 0 aliphatic rings. The van der Waals surface area contributed by atoms with Crippen LogP contribution in [0.25, 0.3) is 10.9 Å². The number of anilines is 2. The molecule has 0 aliphatic heterocycles. The number of nitrogens with zero attached hydrogens (tertiary/aromatic N) is 4. The van der Waals surface area contributed by atoms with Crippen LogP contribution in [0.15, 0.2) is 61.1 Å². The molecule has 0 bridgehead atoms. The van der Waals surface area contributed by atoms with Gasteiger partial charge in [0.1, 0.15) is 29.5 Å². The van der Waals surface area contributed by atoms with Crippen molar-refractivity contribution in [3.8, 4) is 5.75 Å². The Labute approximate surface area is 180 Å². The summed E-state index contributed by atoms with van der Waals surface area (Å²) in [5.41, 5.74) is 1.63. The number of hydrogen-bond acceptors (Lipinski definition) is 7. The molecule has 4 aromatic rings. The molecule has 2 heterocycles. The molecule has 0 aliphatic carbocycles. The second-order valence-electron chi connectivity index (χ2n) is 6.15. The lowest BCUT2D eigenvalue weighted by molar-refractivity contribution is -0.384. The maximum Gasteiger partial charge on any atom is 0.288 e. The van der Waals surface area contributed by atoms with Crippen molar-refractivity contribution in [3.05, 3.63) is 86.9 Å². The number of nitro benzene ring substituents is 1. The minimum absolute atomic E-state index is 0.0398. The molecule has 0 amide bonds. The minimum Gasteiger partial charge on any atom is -0.486 e. The number of aromatic nitrogens is 3. The molecule has 0 saturated heterocycles. The van der Waals surface area contributed by atoms with Gasteiger partial charge in [-0.25, -0.2) is 9.97 Å². The number of nitro groups is 1. The molecule has 10 heteroatoms. The second kappa shape index (κ2) is 8.48. The fourth-order valence-electron chi connectivity index (χ4n) is 2.80. The predicted molar refractivity (Wildman–Crippen MR) is 115 cm³/mol. The third kappa shape index (κ3) is 4.10. The van der Waals surface area contributed by atoms with E-state index in [0.717, 1.165) is 5.69 Å². The molecular weight excluding hydrogens is 429 g/mol. The standard InChI is InChI=1S/C20H13Cl2N5O3/c21-14-9-12(4-7-17(14)30-10-13-3-1-2-8-23-13)26-20-18-15(24-11-25-20)5-6-16(19(18)22)27(28)29/h1-9,11H,10H2,(H,24,25,26). The molecule has 0 radical (unpaired) electrons. The van der Waals surface area contributed by atoms with Crippen molar-refractivity contribution >= 4 is 51.3 Å². The highest BCUT2D eigenvalue weighted by atomic mass is 35.5. The zero-order valence-corrected chi connectivity index (χ0v) is 16.8. The van der Waals surface area contributed by atoms with E-state index < -0.39 is 4.92 Å². The quantitative estimate of drug-likeness (QED) is 0.308. The lowest BCUT2D eigenvalue weighted by Crippen LogP contribution is -2.00. The first kappa shape index (κ1) is 19.8. The highest BCUT2D eigenvalue weighted by Crippen LogP contribution is 2.37. The fraction of sp³-hybridized carbons (Fsp3) is 0.0500. The average Bonchev–Trinajstić information content (AvgIpc) is 2.74. The van der Waals surface area contributed by atoms with Crippen LogP contribution >= 0.6 is 23.2 Å². The first-order valence-corrected chi connectivity index (χ1v) is 9.45. The smallest absolute Gasteiger partial charge is 0.288 e. The molecule has 0 atom stereocenters. The van der Waals surface area contributed by atoms with E-state index in [1.165, 1.54) is 18.5 Å². The Morgan fingerprint density at radius 3 is 2.67 bits per heavy atom. The summed E-state index contributed by atoms with van der Waals surface area (Å²) in [6, 6.07) is 13.5. The summed E-state index contributed by atoms with van der Waals surface area (Å²) < 4.78 is 5.72. The van der Waals surface area contributed by atoms with Gasteiger partial charge < -0.3 is 10.1 Å². The number of nitrogens with one attached hydrogen (secondary N) is 1.